The van der Waals surface area contributed by atoms with E-state index < -0.39 is 23.8 Å². The van der Waals surface area contributed by atoms with E-state index in [2.05, 4.69) is 10.6 Å². The summed E-state index contributed by atoms with van der Waals surface area (Å²) in [5, 5.41) is 6.75. The summed E-state index contributed by atoms with van der Waals surface area (Å²) in [6.45, 7) is 3.99. The van der Waals surface area contributed by atoms with E-state index in [1.807, 2.05) is 0 Å². The number of hydrogen-bond donors (Lipinski definition) is 2. The van der Waals surface area contributed by atoms with Gasteiger partial charge in [0.05, 0.1) is 35.5 Å². The van der Waals surface area contributed by atoms with Crippen LogP contribution < -0.4 is 10.6 Å². The van der Waals surface area contributed by atoms with Gasteiger partial charge in [0.2, 0.25) is 0 Å². The molecule has 0 atom stereocenters. The van der Waals surface area contributed by atoms with E-state index in [9.17, 15) is 19.2 Å². The highest BCUT2D eigenvalue weighted by molar-refractivity contribution is 7.17. The average Bonchev–Trinajstić information content (AvgIpc) is 3.26. The van der Waals surface area contributed by atoms with Crippen molar-refractivity contribution < 1.29 is 28.7 Å². The maximum atomic E-state index is 13.7. The number of carbonyl (C=O) groups excluding carboxylic acids is 4. The smallest absolute Gasteiger partial charge is 0.341 e. The Morgan fingerprint density at radius 1 is 0.643 bits per heavy atom. The molecule has 2 N–H and O–H groups in total. The molecule has 222 valence electrons. The van der Waals surface area contributed by atoms with Gasteiger partial charge in [0.1, 0.15) is 10.0 Å². The molecule has 8 nitrogen and oxygen atoms in total. The third kappa shape index (κ3) is 6.29. The number of rotatable bonds is 8. The monoisotopic (exact) mass is 608 g/mol. The topological polar surface area (TPSA) is 111 Å². The molecule has 0 radical (unpaired) electrons. The molecule has 1 aromatic carbocycles. The first-order chi connectivity index (χ1) is 20.4. The van der Waals surface area contributed by atoms with Gasteiger partial charge < -0.3 is 20.1 Å². The molecule has 0 saturated carbocycles. The molecule has 0 fully saturated rings. The zero-order chi connectivity index (χ0) is 29.6. The van der Waals surface area contributed by atoms with Crippen molar-refractivity contribution in [2.75, 3.05) is 23.8 Å². The van der Waals surface area contributed by atoms with E-state index in [4.69, 9.17) is 9.47 Å². The van der Waals surface area contributed by atoms with Crippen molar-refractivity contribution in [1.29, 1.82) is 0 Å². The molecule has 0 saturated heterocycles. The lowest BCUT2D eigenvalue weighted by molar-refractivity contribution is 0.0517. The standard InChI is InChI=1S/C32H36N2O6S2/c1-3-39-31(37)25-21-15-7-5-9-17-23(21)41-29(25)33-27(35)19-13-11-12-14-20(19)28(36)34-30-26(32(38)40-4-2)22-16-8-6-10-18-24(22)42-30/h11-14H,3-10,15-18H2,1-2H3,(H,33,35)(H,34,36). The van der Waals surface area contributed by atoms with E-state index in [0.29, 0.717) is 21.1 Å². The van der Waals surface area contributed by atoms with Gasteiger partial charge in [-0.2, -0.15) is 0 Å². The van der Waals surface area contributed by atoms with Gasteiger partial charge in [-0.05, 0) is 88.5 Å². The highest BCUT2D eigenvalue weighted by atomic mass is 32.1. The maximum Gasteiger partial charge on any atom is 0.341 e. The lowest BCUT2D eigenvalue weighted by Crippen LogP contribution is -2.21. The van der Waals surface area contributed by atoms with Crippen LogP contribution in [-0.4, -0.2) is 37.0 Å². The van der Waals surface area contributed by atoms with Gasteiger partial charge in [-0.1, -0.05) is 25.0 Å². The number of carbonyl (C=O) groups is 4. The molecule has 2 heterocycles. The third-order valence-electron chi connectivity index (χ3n) is 7.67. The fourth-order valence-corrected chi connectivity index (χ4v) is 8.26. The van der Waals surface area contributed by atoms with Gasteiger partial charge in [-0.25, -0.2) is 9.59 Å². The SMILES string of the molecule is CCOC(=O)c1c(NC(=O)c2ccccc2C(=O)Nc2sc3c(c2C(=O)OCC)CCCCC3)sc2c1CCCCC2. The fraction of sp³-hybridized carbons (Fsp3) is 0.438. The highest BCUT2D eigenvalue weighted by Gasteiger charge is 2.30. The summed E-state index contributed by atoms with van der Waals surface area (Å²) in [5.74, 6) is -1.87. The van der Waals surface area contributed by atoms with Crippen LogP contribution in [0.2, 0.25) is 0 Å². The lowest BCUT2D eigenvalue weighted by atomic mass is 10.0. The van der Waals surface area contributed by atoms with Crippen LogP contribution in [0.25, 0.3) is 0 Å². The first-order valence-electron chi connectivity index (χ1n) is 14.8. The largest absolute Gasteiger partial charge is 0.462 e. The number of hydrogen-bond acceptors (Lipinski definition) is 8. The van der Waals surface area contributed by atoms with Gasteiger partial charge in [-0.15, -0.1) is 22.7 Å². The summed E-state index contributed by atoms with van der Waals surface area (Å²) in [5.41, 5.74) is 3.11. The number of nitrogens with one attached hydrogen (secondary N) is 2. The Kier molecular flexibility index (Phi) is 9.74. The summed E-state index contributed by atoms with van der Waals surface area (Å²) in [6, 6.07) is 6.56. The number of benzene rings is 1. The molecule has 0 unspecified atom stereocenters. The van der Waals surface area contributed by atoms with Crippen LogP contribution in [0.3, 0.4) is 0 Å². The molecule has 42 heavy (non-hydrogen) atoms. The second-order valence-corrected chi connectivity index (χ2v) is 12.6. The van der Waals surface area contributed by atoms with Crippen molar-refractivity contribution in [2.24, 2.45) is 0 Å². The van der Waals surface area contributed by atoms with Crippen molar-refractivity contribution in [3.05, 3.63) is 67.4 Å². The van der Waals surface area contributed by atoms with Crippen molar-refractivity contribution in [2.45, 2.75) is 78.1 Å². The third-order valence-corrected chi connectivity index (χ3v) is 10.1. The molecular formula is C32H36N2O6S2. The summed E-state index contributed by atoms with van der Waals surface area (Å²) in [4.78, 5) is 55.5. The Morgan fingerprint density at radius 3 is 1.45 bits per heavy atom. The number of fused-ring (bicyclic) bond motifs is 2. The van der Waals surface area contributed by atoms with Crippen LogP contribution >= 0.6 is 22.7 Å². The number of anilines is 2. The van der Waals surface area contributed by atoms with Crippen molar-refractivity contribution in [3.63, 3.8) is 0 Å². The zero-order valence-corrected chi connectivity index (χ0v) is 25.7. The second-order valence-electron chi connectivity index (χ2n) is 10.4. The maximum absolute atomic E-state index is 13.7. The molecule has 3 aromatic rings. The predicted octanol–water partition coefficient (Wildman–Crippen LogP) is 7.21. The summed E-state index contributed by atoms with van der Waals surface area (Å²) in [7, 11) is 0. The Labute approximate surface area is 253 Å². The quantitative estimate of drug-likeness (QED) is 0.207. The van der Waals surface area contributed by atoms with E-state index in [1.165, 1.54) is 22.7 Å². The second kappa shape index (κ2) is 13.6. The van der Waals surface area contributed by atoms with Gasteiger partial charge >= 0.3 is 11.9 Å². The van der Waals surface area contributed by atoms with E-state index in [-0.39, 0.29) is 24.3 Å². The van der Waals surface area contributed by atoms with E-state index >= 15 is 0 Å². The number of ether oxygens (including phenoxy) is 2. The van der Waals surface area contributed by atoms with E-state index in [1.54, 1.807) is 38.1 Å². The van der Waals surface area contributed by atoms with Gasteiger partial charge in [0.25, 0.3) is 11.8 Å². The molecule has 2 aliphatic carbocycles. The Balaban J connectivity index is 1.44. The number of esters is 2. The van der Waals surface area contributed by atoms with Crippen LogP contribution in [0.1, 0.15) is 115 Å². The molecule has 0 bridgehead atoms. The van der Waals surface area contributed by atoms with Gasteiger partial charge in [0, 0.05) is 9.75 Å². The van der Waals surface area contributed by atoms with Crippen LogP contribution in [0.4, 0.5) is 10.0 Å². The highest BCUT2D eigenvalue weighted by Crippen LogP contribution is 2.40. The minimum absolute atomic E-state index is 0.171. The summed E-state index contributed by atoms with van der Waals surface area (Å²) >= 11 is 2.83. The van der Waals surface area contributed by atoms with Crippen molar-refractivity contribution in [1.82, 2.24) is 0 Å². The molecule has 0 spiro atoms. The predicted molar refractivity (Wildman–Crippen MR) is 165 cm³/mol. The summed E-state index contributed by atoms with van der Waals surface area (Å²) < 4.78 is 10.7. The first kappa shape index (κ1) is 30.0. The molecule has 2 amide bonds. The van der Waals surface area contributed by atoms with Crippen LogP contribution in [0.15, 0.2) is 24.3 Å². The zero-order valence-electron chi connectivity index (χ0n) is 24.1. The number of thiophene rings is 2. The Hall–Kier alpha value is -3.50. The lowest BCUT2D eigenvalue weighted by Gasteiger charge is -2.12. The minimum atomic E-state index is -0.490. The first-order valence-corrected chi connectivity index (χ1v) is 16.4. The fourth-order valence-electron chi connectivity index (χ4n) is 5.72. The Morgan fingerprint density at radius 2 is 1.05 bits per heavy atom. The normalized spacial score (nSPS) is 14.5. The van der Waals surface area contributed by atoms with Gasteiger partial charge in [0.15, 0.2) is 0 Å². The molecule has 2 aromatic heterocycles. The van der Waals surface area contributed by atoms with Crippen LogP contribution in [0.5, 0.6) is 0 Å². The van der Waals surface area contributed by atoms with Crippen molar-refractivity contribution >= 4 is 56.4 Å². The average molecular weight is 609 g/mol. The summed E-state index contributed by atoms with van der Waals surface area (Å²) in [6.07, 6.45) is 9.46. The molecule has 2 aliphatic rings. The van der Waals surface area contributed by atoms with Gasteiger partial charge in [-0.3, -0.25) is 9.59 Å². The number of amides is 2. The minimum Gasteiger partial charge on any atom is -0.462 e. The number of aryl methyl sites for hydroxylation is 2. The van der Waals surface area contributed by atoms with E-state index in [0.717, 1.165) is 85.1 Å². The van der Waals surface area contributed by atoms with Crippen LogP contribution in [0, 0.1) is 0 Å². The molecular weight excluding hydrogens is 572 g/mol. The van der Waals surface area contributed by atoms with Crippen molar-refractivity contribution in [3.8, 4) is 0 Å². The molecule has 5 rings (SSSR count). The molecule has 10 heteroatoms. The molecule has 0 aliphatic heterocycles. The Bertz CT molecular complexity index is 1390. The van der Waals surface area contributed by atoms with Crippen LogP contribution in [-0.2, 0) is 35.2 Å².